The lowest BCUT2D eigenvalue weighted by Gasteiger charge is -2.34. The summed E-state index contributed by atoms with van der Waals surface area (Å²) in [5, 5.41) is 5.56. The van der Waals surface area contributed by atoms with Gasteiger partial charge in [-0.3, -0.25) is 0 Å². The lowest BCUT2D eigenvalue weighted by Crippen LogP contribution is -2.49. The van der Waals surface area contributed by atoms with E-state index in [2.05, 4.69) is 10.6 Å². The molecular weight excluding hydrogens is 370 g/mol. The number of aryl methyl sites for hydroxylation is 1. The Morgan fingerprint density at radius 3 is 2.65 bits per heavy atom. The van der Waals surface area contributed by atoms with Crippen LogP contribution < -0.4 is 10.6 Å². The van der Waals surface area contributed by atoms with Crippen LogP contribution in [-0.2, 0) is 10.0 Å². The summed E-state index contributed by atoms with van der Waals surface area (Å²) in [6.45, 7) is 2.68. The number of hydrogen-bond donors (Lipinski definition) is 2. The number of carbonyl (C=O) groups is 1. The number of nitrogens with one attached hydrogen (secondary N) is 2. The summed E-state index contributed by atoms with van der Waals surface area (Å²) in [6, 6.07) is 12.1. The van der Waals surface area contributed by atoms with Gasteiger partial charge < -0.3 is 10.6 Å². The zero-order valence-corrected chi connectivity index (χ0v) is 16.3. The van der Waals surface area contributed by atoms with Crippen LogP contribution in [0.15, 0.2) is 46.7 Å². The summed E-state index contributed by atoms with van der Waals surface area (Å²) in [5.41, 5.74) is 0.701. The number of para-hydroxylation sites is 1. The molecule has 1 atom stereocenters. The number of hydrogen-bond acceptors (Lipinski definition) is 4. The summed E-state index contributed by atoms with van der Waals surface area (Å²) in [6.07, 6.45) is 2.55. The van der Waals surface area contributed by atoms with Crippen molar-refractivity contribution in [1.29, 1.82) is 0 Å². The second-order valence-corrected chi connectivity index (χ2v) is 9.74. The normalized spacial score (nSPS) is 18.4. The van der Waals surface area contributed by atoms with Gasteiger partial charge in [0.1, 0.15) is 4.21 Å². The lowest BCUT2D eigenvalue weighted by atomic mass is 10.1. The van der Waals surface area contributed by atoms with E-state index in [0.717, 1.165) is 24.1 Å². The Hall–Kier alpha value is -1.90. The number of benzene rings is 1. The third kappa shape index (κ3) is 4.44. The summed E-state index contributed by atoms with van der Waals surface area (Å²) < 4.78 is 27.8. The fraction of sp³-hybridized carbons (Fsp3) is 0.389. The molecule has 2 heterocycles. The standard InChI is InChI=1S/C18H23N3O3S2/c1-14-10-11-17(25-14)26(23,24)21-12-6-5-9-16(21)13-19-18(22)20-15-7-3-2-4-8-15/h2-4,7-8,10-11,16H,5-6,9,12-13H2,1H3,(H2,19,20,22)/t16-/m1/s1. The van der Waals surface area contributed by atoms with Crippen LogP contribution in [0.3, 0.4) is 0 Å². The molecule has 1 aliphatic rings. The first kappa shape index (κ1) is 18.9. The van der Waals surface area contributed by atoms with E-state index in [1.54, 1.807) is 22.5 Å². The summed E-state index contributed by atoms with van der Waals surface area (Å²) in [4.78, 5) is 13.1. The molecule has 2 aromatic rings. The van der Waals surface area contributed by atoms with Crippen LogP contribution in [-0.4, -0.2) is 37.9 Å². The van der Waals surface area contributed by atoms with Crippen LogP contribution in [0.25, 0.3) is 0 Å². The maximum Gasteiger partial charge on any atom is 0.319 e. The number of carbonyl (C=O) groups excluding carboxylic acids is 1. The van der Waals surface area contributed by atoms with E-state index in [1.165, 1.54) is 11.3 Å². The number of rotatable bonds is 5. The minimum absolute atomic E-state index is 0.224. The molecule has 1 fully saturated rings. The van der Waals surface area contributed by atoms with Crippen molar-refractivity contribution in [1.82, 2.24) is 9.62 Å². The number of piperidine rings is 1. The smallest absolute Gasteiger partial charge is 0.319 e. The van der Waals surface area contributed by atoms with E-state index >= 15 is 0 Å². The maximum absolute atomic E-state index is 13.0. The topological polar surface area (TPSA) is 78.5 Å². The molecule has 0 aliphatic carbocycles. The van der Waals surface area contributed by atoms with Crippen LogP contribution in [0, 0.1) is 6.92 Å². The molecular formula is C18H23N3O3S2. The van der Waals surface area contributed by atoms with Crippen LogP contribution >= 0.6 is 11.3 Å². The highest BCUT2D eigenvalue weighted by Crippen LogP contribution is 2.29. The molecule has 0 radical (unpaired) electrons. The van der Waals surface area contributed by atoms with Gasteiger partial charge in [-0.1, -0.05) is 24.6 Å². The molecule has 6 nitrogen and oxygen atoms in total. The maximum atomic E-state index is 13.0. The highest BCUT2D eigenvalue weighted by atomic mass is 32.2. The Bertz CT molecular complexity index is 850. The predicted octanol–water partition coefficient (Wildman–Crippen LogP) is 3.42. The van der Waals surface area contributed by atoms with Crippen molar-refractivity contribution in [2.45, 2.75) is 36.4 Å². The van der Waals surface area contributed by atoms with E-state index in [4.69, 9.17) is 0 Å². The average Bonchev–Trinajstić information content (AvgIpc) is 3.08. The van der Waals surface area contributed by atoms with Gasteiger partial charge in [0.25, 0.3) is 10.0 Å². The minimum Gasteiger partial charge on any atom is -0.336 e. The van der Waals surface area contributed by atoms with E-state index < -0.39 is 10.0 Å². The van der Waals surface area contributed by atoms with Crippen molar-refractivity contribution in [3.05, 3.63) is 47.3 Å². The predicted molar refractivity (Wildman–Crippen MR) is 104 cm³/mol. The largest absolute Gasteiger partial charge is 0.336 e. The highest BCUT2D eigenvalue weighted by Gasteiger charge is 2.34. The van der Waals surface area contributed by atoms with Crippen LogP contribution in [0.5, 0.6) is 0 Å². The quantitative estimate of drug-likeness (QED) is 0.817. The molecule has 1 saturated heterocycles. The zero-order valence-electron chi connectivity index (χ0n) is 14.6. The van der Waals surface area contributed by atoms with Gasteiger partial charge in [0.05, 0.1) is 0 Å². The number of amides is 2. The Balaban J connectivity index is 1.65. The Kier molecular flexibility index (Phi) is 5.95. The molecule has 2 amide bonds. The molecule has 0 spiro atoms. The van der Waals surface area contributed by atoms with Crippen molar-refractivity contribution in [2.24, 2.45) is 0 Å². The summed E-state index contributed by atoms with van der Waals surface area (Å²) >= 11 is 1.29. The first-order valence-electron chi connectivity index (χ1n) is 8.65. The number of sulfonamides is 1. The van der Waals surface area contributed by atoms with Crippen molar-refractivity contribution >= 4 is 33.1 Å². The van der Waals surface area contributed by atoms with E-state index in [-0.39, 0.29) is 12.1 Å². The van der Waals surface area contributed by atoms with Gasteiger partial charge in [-0.15, -0.1) is 11.3 Å². The average molecular weight is 394 g/mol. The third-order valence-corrected chi connectivity index (χ3v) is 7.80. The zero-order chi connectivity index (χ0) is 18.6. The Labute approximate surface area is 158 Å². The van der Waals surface area contributed by atoms with Gasteiger partial charge in [-0.25, -0.2) is 13.2 Å². The van der Waals surface area contributed by atoms with Crippen LogP contribution in [0.2, 0.25) is 0 Å². The molecule has 0 bridgehead atoms. The highest BCUT2D eigenvalue weighted by molar-refractivity contribution is 7.91. The third-order valence-electron chi connectivity index (χ3n) is 4.38. The molecule has 1 aromatic carbocycles. The molecule has 1 aromatic heterocycles. The molecule has 1 aliphatic heterocycles. The van der Waals surface area contributed by atoms with Crippen molar-refractivity contribution < 1.29 is 13.2 Å². The SMILES string of the molecule is Cc1ccc(S(=O)(=O)N2CCCC[C@@H]2CNC(=O)Nc2ccccc2)s1. The minimum atomic E-state index is -3.52. The number of anilines is 1. The number of nitrogens with zero attached hydrogens (tertiary/aromatic N) is 1. The first-order valence-corrected chi connectivity index (χ1v) is 10.9. The Morgan fingerprint density at radius 1 is 1.19 bits per heavy atom. The fourth-order valence-electron chi connectivity index (χ4n) is 3.07. The van der Waals surface area contributed by atoms with Crippen LogP contribution in [0.1, 0.15) is 24.1 Å². The molecule has 140 valence electrons. The van der Waals surface area contributed by atoms with Crippen molar-refractivity contribution in [2.75, 3.05) is 18.4 Å². The molecule has 0 saturated carbocycles. The lowest BCUT2D eigenvalue weighted by molar-refractivity contribution is 0.231. The van der Waals surface area contributed by atoms with Gasteiger partial charge in [0.2, 0.25) is 0 Å². The van der Waals surface area contributed by atoms with E-state index in [9.17, 15) is 13.2 Å². The van der Waals surface area contributed by atoms with Gasteiger partial charge in [-0.05, 0) is 44.0 Å². The monoisotopic (exact) mass is 393 g/mol. The van der Waals surface area contributed by atoms with Gasteiger partial charge in [0, 0.05) is 29.7 Å². The second kappa shape index (κ2) is 8.20. The van der Waals surface area contributed by atoms with Gasteiger partial charge >= 0.3 is 6.03 Å². The summed E-state index contributed by atoms with van der Waals surface area (Å²) in [5.74, 6) is 0. The van der Waals surface area contributed by atoms with Crippen LogP contribution in [0.4, 0.5) is 10.5 Å². The Morgan fingerprint density at radius 2 is 1.96 bits per heavy atom. The van der Waals surface area contributed by atoms with Crippen molar-refractivity contribution in [3.63, 3.8) is 0 Å². The van der Waals surface area contributed by atoms with E-state index in [0.29, 0.717) is 23.0 Å². The van der Waals surface area contributed by atoms with E-state index in [1.807, 2.05) is 31.2 Å². The van der Waals surface area contributed by atoms with Gasteiger partial charge in [0.15, 0.2) is 0 Å². The molecule has 0 unspecified atom stereocenters. The summed E-state index contributed by atoms with van der Waals surface area (Å²) in [7, 11) is -3.52. The molecule has 3 rings (SSSR count). The molecule has 8 heteroatoms. The number of urea groups is 1. The molecule has 26 heavy (non-hydrogen) atoms. The second-order valence-electron chi connectivity index (χ2n) is 6.33. The first-order chi connectivity index (χ1) is 12.5. The fourth-order valence-corrected chi connectivity index (χ4v) is 6.17. The van der Waals surface area contributed by atoms with Crippen molar-refractivity contribution in [3.8, 4) is 0 Å². The van der Waals surface area contributed by atoms with Gasteiger partial charge in [-0.2, -0.15) is 4.31 Å². The number of thiophene rings is 1. The molecule has 2 N–H and O–H groups in total.